The standard InChI is InChI=1S/C23H22N4O4/c28-19-9-12-27-21(22(19)29)23(30)26(16-25-27)11-4-5-13-31-20-8-10-24-15-18(20)14-17-6-2-1-3-7-17/h1-10,12,15,25,29H,11,13-14,16H2/b5-4-. The van der Waals surface area contributed by atoms with Crippen LogP contribution >= 0.6 is 0 Å². The number of aromatic nitrogens is 2. The van der Waals surface area contributed by atoms with Gasteiger partial charge in [-0.2, -0.15) is 0 Å². The van der Waals surface area contributed by atoms with E-state index in [1.54, 1.807) is 12.4 Å². The highest BCUT2D eigenvalue weighted by atomic mass is 16.5. The highest BCUT2D eigenvalue weighted by molar-refractivity contribution is 5.96. The molecule has 0 saturated carbocycles. The average molecular weight is 418 g/mol. The lowest BCUT2D eigenvalue weighted by molar-refractivity contribution is 0.0741. The predicted molar refractivity (Wildman–Crippen MR) is 116 cm³/mol. The molecule has 158 valence electrons. The van der Waals surface area contributed by atoms with Crippen LogP contribution in [0.5, 0.6) is 11.5 Å². The van der Waals surface area contributed by atoms with Gasteiger partial charge in [-0.15, -0.1) is 0 Å². The molecule has 3 aromatic rings. The molecule has 3 heterocycles. The summed E-state index contributed by atoms with van der Waals surface area (Å²) < 4.78 is 7.25. The van der Waals surface area contributed by atoms with Crippen molar-refractivity contribution < 1.29 is 14.6 Å². The Labute approximate surface area is 179 Å². The van der Waals surface area contributed by atoms with Gasteiger partial charge in [0.15, 0.2) is 11.4 Å². The third kappa shape index (κ3) is 4.58. The summed E-state index contributed by atoms with van der Waals surface area (Å²) in [6, 6.07) is 13.1. The summed E-state index contributed by atoms with van der Waals surface area (Å²) in [6.45, 7) is 0.901. The van der Waals surface area contributed by atoms with Crippen LogP contribution in [0.3, 0.4) is 0 Å². The number of aromatic hydroxyl groups is 1. The maximum Gasteiger partial charge on any atom is 0.278 e. The molecule has 1 aromatic carbocycles. The molecule has 8 heteroatoms. The Hall–Kier alpha value is -4.07. The molecule has 0 unspecified atom stereocenters. The van der Waals surface area contributed by atoms with Gasteiger partial charge in [-0.3, -0.25) is 19.2 Å². The van der Waals surface area contributed by atoms with E-state index in [-0.39, 0.29) is 12.4 Å². The van der Waals surface area contributed by atoms with Crippen LogP contribution in [0, 0.1) is 0 Å². The van der Waals surface area contributed by atoms with Crippen molar-refractivity contribution in [2.75, 3.05) is 25.2 Å². The summed E-state index contributed by atoms with van der Waals surface area (Å²) in [4.78, 5) is 29.9. The average Bonchev–Trinajstić information content (AvgIpc) is 2.79. The van der Waals surface area contributed by atoms with Gasteiger partial charge in [0.05, 0.1) is 0 Å². The fraction of sp³-hybridized carbons (Fsp3) is 0.174. The van der Waals surface area contributed by atoms with Crippen molar-refractivity contribution in [2.24, 2.45) is 0 Å². The molecule has 4 rings (SSSR count). The minimum Gasteiger partial charge on any atom is -0.502 e. The van der Waals surface area contributed by atoms with E-state index in [4.69, 9.17) is 4.74 Å². The Morgan fingerprint density at radius 1 is 1.13 bits per heavy atom. The number of benzene rings is 1. The zero-order valence-corrected chi connectivity index (χ0v) is 16.8. The smallest absolute Gasteiger partial charge is 0.278 e. The largest absolute Gasteiger partial charge is 0.502 e. The van der Waals surface area contributed by atoms with Gasteiger partial charge in [-0.25, -0.2) is 0 Å². The Morgan fingerprint density at radius 3 is 2.81 bits per heavy atom. The minimum absolute atomic E-state index is 0.0641. The molecule has 1 amide bonds. The summed E-state index contributed by atoms with van der Waals surface area (Å²) in [5, 5.41) is 9.94. The van der Waals surface area contributed by atoms with Gasteiger partial charge in [-0.05, 0) is 17.7 Å². The highest BCUT2D eigenvalue weighted by Crippen LogP contribution is 2.20. The van der Waals surface area contributed by atoms with Gasteiger partial charge in [0.2, 0.25) is 5.43 Å². The number of fused-ring (bicyclic) bond motifs is 1. The lowest BCUT2D eigenvalue weighted by Gasteiger charge is -2.30. The van der Waals surface area contributed by atoms with E-state index in [0.717, 1.165) is 17.7 Å². The molecule has 0 saturated heterocycles. The van der Waals surface area contributed by atoms with Crippen LogP contribution in [0.1, 0.15) is 21.6 Å². The molecule has 0 radical (unpaired) electrons. The first-order chi connectivity index (χ1) is 15.1. The number of ether oxygens (including phenoxy) is 1. The topological polar surface area (TPSA) is 96.7 Å². The maximum atomic E-state index is 12.6. The molecule has 2 N–H and O–H groups in total. The second-order valence-electron chi connectivity index (χ2n) is 7.02. The van der Waals surface area contributed by atoms with Crippen LogP contribution in [-0.2, 0) is 6.42 Å². The molecular formula is C23H22N4O4. The SMILES string of the molecule is O=C1c2c(O)c(=O)ccn2NCN1C/C=C\COc1ccncc1Cc1ccccc1. The van der Waals surface area contributed by atoms with Crippen molar-refractivity contribution in [3.63, 3.8) is 0 Å². The number of nitrogens with one attached hydrogen (secondary N) is 1. The van der Waals surface area contributed by atoms with Crippen LogP contribution < -0.4 is 15.6 Å². The maximum absolute atomic E-state index is 12.6. The second kappa shape index (κ2) is 9.17. The molecule has 2 aromatic heterocycles. The van der Waals surface area contributed by atoms with Gasteiger partial charge >= 0.3 is 0 Å². The summed E-state index contributed by atoms with van der Waals surface area (Å²) in [5.41, 5.74) is 4.48. The molecule has 1 aliphatic heterocycles. The quantitative estimate of drug-likeness (QED) is 0.571. The van der Waals surface area contributed by atoms with Crippen LogP contribution in [0.15, 0.2) is 78.0 Å². The van der Waals surface area contributed by atoms with E-state index in [2.05, 4.69) is 22.5 Å². The third-order valence-corrected chi connectivity index (χ3v) is 4.92. The summed E-state index contributed by atoms with van der Waals surface area (Å²) in [6.07, 6.45) is 9.29. The van der Waals surface area contributed by atoms with Gasteiger partial charge in [0.25, 0.3) is 5.91 Å². The van der Waals surface area contributed by atoms with E-state index in [9.17, 15) is 14.7 Å². The van der Waals surface area contributed by atoms with Crippen LogP contribution in [-0.4, -0.2) is 45.4 Å². The lowest BCUT2D eigenvalue weighted by atomic mass is 10.1. The van der Waals surface area contributed by atoms with E-state index < -0.39 is 17.1 Å². The number of carbonyl (C=O) groups excluding carboxylic acids is 1. The summed E-state index contributed by atoms with van der Waals surface area (Å²) in [5.74, 6) is -0.211. The van der Waals surface area contributed by atoms with Crippen molar-refractivity contribution >= 4 is 5.91 Å². The third-order valence-electron chi connectivity index (χ3n) is 4.92. The number of hydrogen-bond acceptors (Lipinski definition) is 6. The number of carbonyl (C=O) groups is 1. The first-order valence-corrected chi connectivity index (χ1v) is 9.86. The van der Waals surface area contributed by atoms with Gasteiger partial charge in [-0.1, -0.05) is 36.4 Å². The van der Waals surface area contributed by atoms with E-state index in [0.29, 0.717) is 13.2 Å². The molecule has 0 atom stereocenters. The zero-order chi connectivity index (χ0) is 21.6. The van der Waals surface area contributed by atoms with Crippen LogP contribution in [0.4, 0.5) is 0 Å². The number of nitrogens with zero attached hydrogens (tertiary/aromatic N) is 3. The number of pyridine rings is 2. The molecule has 1 aliphatic rings. The van der Waals surface area contributed by atoms with Crippen molar-refractivity contribution in [2.45, 2.75) is 6.42 Å². The molecule has 8 nitrogen and oxygen atoms in total. The van der Waals surface area contributed by atoms with Gasteiger partial charge < -0.3 is 20.2 Å². The highest BCUT2D eigenvalue weighted by Gasteiger charge is 2.27. The Kier molecular flexibility index (Phi) is 5.98. The van der Waals surface area contributed by atoms with Crippen molar-refractivity contribution in [3.05, 3.63) is 100 Å². The number of rotatable bonds is 7. The molecule has 0 aliphatic carbocycles. The van der Waals surface area contributed by atoms with E-state index >= 15 is 0 Å². The predicted octanol–water partition coefficient (Wildman–Crippen LogP) is 2.13. The normalized spacial score (nSPS) is 13.2. The van der Waals surface area contributed by atoms with E-state index in [1.807, 2.05) is 36.4 Å². The van der Waals surface area contributed by atoms with Crippen molar-refractivity contribution in [1.82, 2.24) is 14.6 Å². The molecular weight excluding hydrogens is 396 g/mol. The zero-order valence-electron chi connectivity index (χ0n) is 16.8. The van der Waals surface area contributed by atoms with Gasteiger partial charge in [0.1, 0.15) is 19.0 Å². The fourth-order valence-corrected chi connectivity index (χ4v) is 3.30. The first-order valence-electron chi connectivity index (χ1n) is 9.86. The first kappa shape index (κ1) is 20.2. The lowest BCUT2D eigenvalue weighted by Crippen LogP contribution is -2.46. The Bertz CT molecular complexity index is 1160. The Balaban J connectivity index is 1.34. The monoisotopic (exact) mass is 418 g/mol. The van der Waals surface area contributed by atoms with Gasteiger partial charge in [0, 0.05) is 43.2 Å². The molecule has 0 fully saturated rings. The molecule has 31 heavy (non-hydrogen) atoms. The number of amides is 1. The molecule has 0 spiro atoms. The molecule has 0 bridgehead atoms. The summed E-state index contributed by atoms with van der Waals surface area (Å²) >= 11 is 0. The van der Waals surface area contributed by atoms with Crippen LogP contribution in [0.25, 0.3) is 0 Å². The van der Waals surface area contributed by atoms with Crippen molar-refractivity contribution in [3.8, 4) is 11.5 Å². The van der Waals surface area contributed by atoms with Crippen LogP contribution in [0.2, 0.25) is 0 Å². The second-order valence-corrected chi connectivity index (χ2v) is 7.02. The minimum atomic E-state index is -0.587. The fourth-order valence-electron chi connectivity index (χ4n) is 3.30. The van der Waals surface area contributed by atoms with E-state index in [1.165, 1.54) is 27.4 Å². The van der Waals surface area contributed by atoms with Crippen molar-refractivity contribution in [1.29, 1.82) is 0 Å². The summed E-state index contributed by atoms with van der Waals surface area (Å²) in [7, 11) is 0. The number of hydrogen-bond donors (Lipinski definition) is 2. The Morgan fingerprint density at radius 2 is 1.97 bits per heavy atom.